The summed E-state index contributed by atoms with van der Waals surface area (Å²) in [6, 6.07) is 7.39. The highest BCUT2D eigenvalue weighted by Gasteiger charge is 2.50. The number of phenols is 3. The number of carbonyl (C=O) groups is 1. The van der Waals surface area contributed by atoms with Crippen LogP contribution in [0.3, 0.4) is 0 Å². The lowest BCUT2D eigenvalue weighted by Gasteiger charge is -2.44. The number of aliphatic hydroxyl groups excluding tert-OH is 6. The van der Waals surface area contributed by atoms with Gasteiger partial charge >= 0.3 is 0 Å². The van der Waals surface area contributed by atoms with Crippen molar-refractivity contribution in [1.82, 2.24) is 0 Å². The first-order chi connectivity index (χ1) is 19.9. The molecule has 15 heteroatoms. The highest BCUT2D eigenvalue weighted by Crippen LogP contribution is 2.41. The molecule has 12 unspecified atom stereocenters. The average molecular weight is 597 g/mol. The predicted octanol–water partition coefficient (Wildman–Crippen LogP) is -1.84. The van der Waals surface area contributed by atoms with Crippen molar-refractivity contribution in [1.29, 1.82) is 0 Å². The van der Waals surface area contributed by atoms with Crippen LogP contribution >= 0.6 is 0 Å². The van der Waals surface area contributed by atoms with Gasteiger partial charge in [0.05, 0.1) is 18.3 Å². The maximum Gasteiger partial charge on any atom is 0.199 e. The molecular weight excluding hydrogens is 564 g/mol. The van der Waals surface area contributed by atoms with Crippen LogP contribution in [0, 0.1) is 0 Å². The zero-order valence-corrected chi connectivity index (χ0v) is 22.1. The normalized spacial score (nSPS) is 38.5. The first-order valence-electron chi connectivity index (χ1n) is 13.1. The van der Waals surface area contributed by atoms with E-state index >= 15 is 0 Å². The zero-order valence-electron chi connectivity index (χ0n) is 22.1. The lowest BCUT2D eigenvalue weighted by Crippen LogP contribution is -2.62. The van der Waals surface area contributed by atoms with Gasteiger partial charge in [-0.2, -0.15) is 0 Å². The topological polar surface area (TPSA) is 245 Å². The molecule has 3 aliphatic heterocycles. The molecule has 0 saturated carbocycles. The number of ether oxygens (including phenoxy) is 5. The number of ketones is 1. The van der Waals surface area contributed by atoms with Gasteiger partial charge < -0.3 is 69.6 Å². The molecule has 42 heavy (non-hydrogen) atoms. The van der Waals surface area contributed by atoms with Gasteiger partial charge in [0, 0.05) is 6.07 Å². The Kier molecular flexibility index (Phi) is 8.60. The molecular formula is C27H32O15. The minimum absolute atomic E-state index is 0.00293. The number of hydrogen-bond donors (Lipinski definition) is 9. The van der Waals surface area contributed by atoms with Gasteiger partial charge in [0.1, 0.15) is 54.2 Å². The third-order valence-electron chi connectivity index (χ3n) is 7.53. The Hall–Kier alpha value is -3.09. The van der Waals surface area contributed by atoms with E-state index in [1.165, 1.54) is 31.2 Å². The monoisotopic (exact) mass is 596 g/mol. The van der Waals surface area contributed by atoms with Crippen molar-refractivity contribution in [2.45, 2.75) is 80.5 Å². The maximum atomic E-state index is 13.6. The number of hydrogen-bond acceptors (Lipinski definition) is 15. The lowest BCUT2D eigenvalue weighted by molar-refractivity contribution is -0.333. The molecule has 0 radical (unpaired) electrons. The number of phenolic OH excluding ortho intramolecular Hbond substituents is 3. The predicted molar refractivity (Wildman–Crippen MR) is 135 cm³/mol. The molecule has 15 nitrogen and oxygen atoms in total. The highest BCUT2D eigenvalue weighted by atomic mass is 16.7. The van der Waals surface area contributed by atoms with Crippen molar-refractivity contribution in [2.75, 3.05) is 6.61 Å². The van der Waals surface area contributed by atoms with Gasteiger partial charge in [0.2, 0.25) is 0 Å². The van der Waals surface area contributed by atoms with Gasteiger partial charge in [-0.05, 0) is 36.8 Å². The largest absolute Gasteiger partial charge is 0.508 e. The van der Waals surface area contributed by atoms with Crippen molar-refractivity contribution >= 4 is 5.78 Å². The molecule has 2 aromatic carbocycles. The van der Waals surface area contributed by atoms with Crippen LogP contribution < -0.4 is 4.74 Å². The molecule has 0 aliphatic carbocycles. The van der Waals surface area contributed by atoms with Gasteiger partial charge in [0.25, 0.3) is 0 Å². The Morgan fingerprint density at radius 2 is 1.45 bits per heavy atom. The molecule has 3 heterocycles. The summed E-state index contributed by atoms with van der Waals surface area (Å²) < 4.78 is 28.3. The fourth-order valence-corrected chi connectivity index (χ4v) is 5.05. The summed E-state index contributed by atoms with van der Waals surface area (Å²) >= 11 is 0. The van der Waals surface area contributed by atoms with E-state index in [0.29, 0.717) is 0 Å². The molecule has 2 fully saturated rings. The number of aromatic hydroxyl groups is 3. The number of benzene rings is 2. The molecule has 230 valence electrons. The van der Waals surface area contributed by atoms with E-state index in [2.05, 4.69) is 0 Å². The van der Waals surface area contributed by atoms with Crippen LogP contribution in [0.25, 0.3) is 0 Å². The van der Waals surface area contributed by atoms with E-state index < -0.39 is 97.5 Å². The summed E-state index contributed by atoms with van der Waals surface area (Å²) in [4.78, 5) is 13.6. The van der Waals surface area contributed by atoms with Crippen LogP contribution in [0.15, 0.2) is 36.4 Å². The maximum absolute atomic E-state index is 13.6. The van der Waals surface area contributed by atoms with Crippen LogP contribution in [-0.4, -0.2) is 126 Å². The lowest BCUT2D eigenvalue weighted by atomic mass is 9.92. The highest BCUT2D eigenvalue weighted by molar-refractivity contribution is 6.03. The van der Waals surface area contributed by atoms with Crippen molar-refractivity contribution in [3.8, 4) is 23.0 Å². The number of rotatable bonds is 6. The Morgan fingerprint density at radius 3 is 2.17 bits per heavy atom. The van der Waals surface area contributed by atoms with Crippen molar-refractivity contribution in [2.24, 2.45) is 0 Å². The van der Waals surface area contributed by atoms with E-state index in [0.717, 1.165) is 12.1 Å². The summed E-state index contributed by atoms with van der Waals surface area (Å²) in [5.74, 6) is -1.82. The molecule has 0 amide bonds. The second-order valence-corrected chi connectivity index (χ2v) is 10.4. The molecule has 12 atom stereocenters. The second kappa shape index (κ2) is 11.9. The summed E-state index contributed by atoms with van der Waals surface area (Å²) in [6.07, 6.45) is -18.4. The van der Waals surface area contributed by atoms with Gasteiger partial charge in [-0.1, -0.05) is 6.07 Å². The molecule has 9 N–H and O–H groups in total. The fourth-order valence-electron chi connectivity index (χ4n) is 5.05. The van der Waals surface area contributed by atoms with E-state index in [9.17, 15) is 50.8 Å². The molecule has 2 aromatic rings. The van der Waals surface area contributed by atoms with Crippen LogP contribution in [0.5, 0.6) is 23.0 Å². The Labute approximate surface area is 238 Å². The summed E-state index contributed by atoms with van der Waals surface area (Å²) in [6.45, 7) is 0.896. The minimum atomic E-state index is -1.87. The van der Waals surface area contributed by atoms with Gasteiger partial charge in [-0.25, -0.2) is 0 Å². The first kappa shape index (κ1) is 30.4. The van der Waals surface area contributed by atoms with Gasteiger partial charge in [-0.3, -0.25) is 4.79 Å². The molecule has 0 spiro atoms. The van der Waals surface area contributed by atoms with Gasteiger partial charge in [-0.15, -0.1) is 0 Å². The third kappa shape index (κ3) is 5.63. The molecule has 0 bridgehead atoms. The van der Waals surface area contributed by atoms with Crippen LogP contribution in [0.1, 0.15) is 28.9 Å². The van der Waals surface area contributed by atoms with E-state index in [-0.39, 0.29) is 22.6 Å². The fraction of sp³-hybridized carbons (Fsp3) is 0.519. The van der Waals surface area contributed by atoms with Crippen LogP contribution in [-0.2, 0) is 18.9 Å². The van der Waals surface area contributed by atoms with E-state index in [1.807, 2.05) is 0 Å². The van der Waals surface area contributed by atoms with Crippen molar-refractivity contribution < 1.29 is 74.4 Å². The third-order valence-corrected chi connectivity index (χ3v) is 7.53. The van der Waals surface area contributed by atoms with Crippen LogP contribution in [0.4, 0.5) is 0 Å². The van der Waals surface area contributed by atoms with E-state index in [1.54, 1.807) is 0 Å². The average Bonchev–Trinajstić information content (AvgIpc) is 2.96. The van der Waals surface area contributed by atoms with Crippen molar-refractivity contribution in [3.63, 3.8) is 0 Å². The quantitative estimate of drug-likeness (QED) is 0.166. The summed E-state index contributed by atoms with van der Waals surface area (Å²) in [5.41, 5.74) is 0.183. The first-order valence-corrected chi connectivity index (χ1v) is 13.1. The molecule has 3 aliphatic rings. The second-order valence-electron chi connectivity index (χ2n) is 10.4. The number of aliphatic hydroxyl groups is 6. The Balaban J connectivity index is 1.38. The minimum Gasteiger partial charge on any atom is -0.508 e. The summed E-state index contributed by atoms with van der Waals surface area (Å²) in [5, 5.41) is 91.6. The van der Waals surface area contributed by atoms with Crippen molar-refractivity contribution in [3.05, 3.63) is 47.5 Å². The number of fused-ring (bicyclic) bond motifs is 1. The molecule has 0 aromatic heterocycles. The molecule has 2 saturated heterocycles. The number of carbonyl (C=O) groups excluding carboxylic acids is 1. The SMILES string of the molecule is CC1OC(OCC2OC(OC3C(=O)c4ccc(O)cc4OC3c3ccc(O)c(O)c3)C(O)C(O)C2O)C(O)C(O)C1O. The Bertz CT molecular complexity index is 1290. The zero-order chi connectivity index (χ0) is 30.5. The van der Waals surface area contributed by atoms with E-state index in [4.69, 9.17) is 23.7 Å². The number of Topliss-reactive ketones (excluding diaryl/α,β-unsaturated/α-hetero) is 1. The molecule has 5 rings (SSSR count). The Morgan fingerprint density at radius 1 is 0.762 bits per heavy atom. The summed E-state index contributed by atoms with van der Waals surface area (Å²) in [7, 11) is 0. The smallest absolute Gasteiger partial charge is 0.199 e. The van der Waals surface area contributed by atoms with Gasteiger partial charge in [0.15, 0.2) is 42.1 Å². The van der Waals surface area contributed by atoms with Crippen LogP contribution in [0.2, 0.25) is 0 Å². The standard InChI is InChI=1S/C27H32O15/c1-9-17(31)20(34)22(36)26(39-9)38-8-16-19(33)21(35)23(37)27(41-16)42-25-18(32)12-4-3-11(28)7-15(12)40-24(25)10-2-5-13(29)14(30)6-10/h2-7,9,16-17,19-31,33-37H,8H2,1H3.